The minimum Gasteiger partial charge on any atom is -0.383 e. The summed E-state index contributed by atoms with van der Waals surface area (Å²) in [7, 11) is 3.40. The Hall–Kier alpha value is -1.59. The number of likely N-dealkylation sites (N-methyl/N-ethyl adjacent to an activating group) is 1. The van der Waals surface area contributed by atoms with Crippen molar-refractivity contribution >= 4 is 23.4 Å². The largest absolute Gasteiger partial charge is 0.383 e. The molecule has 1 aromatic carbocycles. The molecule has 1 fully saturated rings. The van der Waals surface area contributed by atoms with Gasteiger partial charge in [0.1, 0.15) is 0 Å². The molecule has 2 rings (SSSR count). The molecule has 23 heavy (non-hydrogen) atoms. The molecule has 1 aromatic rings. The number of carbonyl (C=O) groups is 2. The number of likely N-dealkylation sites (tertiary alicyclic amines) is 1. The van der Waals surface area contributed by atoms with Crippen molar-refractivity contribution in [2.24, 2.45) is 5.92 Å². The van der Waals surface area contributed by atoms with Gasteiger partial charge in [-0.25, -0.2) is 0 Å². The second kappa shape index (κ2) is 8.31. The molecule has 0 aliphatic carbocycles. The van der Waals surface area contributed by atoms with Crippen LogP contribution in [0.15, 0.2) is 24.3 Å². The molecule has 2 amide bonds. The van der Waals surface area contributed by atoms with E-state index in [9.17, 15) is 9.59 Å². The van der Waals surface area contributed by atoms with Gasteiger partial charge in [-0.15, -0.1) is 0 Å². The lowest BCUT2D eigenvalue weighted by Crippen LogP contribution is -2.46. The van der Waals surface area contributed by atoms with Crippen molar-refractivity contribution in [2.75, 3.05) is 33.9 Å². The van der Waals surface area contributed by atoms with Crippen LogP contribution in [0, 0.1) is 5.92 Å². The van der Waals surface area contributed by atoms with Gasteiger partial charge in [0.05, 0.1) is 12.5 Å². The minimum atomic E-state index is -0.137. The lowest BCUT2D eigenvalue weighted by atomic mass is 9.95. The first-order valence-corrected chi connectivity index (χ1v) is 8.15. The van der Waals surface area contributed by atoms with E-state index in [1.54, 1.807) is 24.0 Å². The minimum absolute atomic E-state index is 0.0793. The van der Waals surface area contributed by atoms with Crippen LogP contribution in [0.5, 0.6) is 0 Å². The van der Waals surface area contributed by atoms with Crippen LogP contribution >= 0.6 is 11.6 Å². The predicted molar refractivity (Wildman–Crippen MR) is 89.1 cm³/mol. The van der Waals surface area contributed by atoms with Crippen LogP contribution in [-0.2, 0) is 20.9 Å². The molecule has 0 saturated carbocycles. The van der Waals surface area contributed by atoms with E-state index in [1.165, 1.54) is 0 Å². The SMILES string of the molecule is COCCN(C)C(=O)C1CCC(=O)N(Cc2ccc(Cl)cc2)C1. The number of benzene rings is 1. The number of carbonyl (C=O) groups excluding carboxylic acids is 2. The molecule has 1 atom stereocenters. The normalized spacial score (nSPS) is 18.1. The van der Waals surface area contributed by atoms with Gasteiger partial charge in [0.2, 0.25) is 11.8 Å². The highest BCUT2D eigenvalue weighted by Crippen LogP contribution is 2.22. The Kier molecular flexibility index (Phi) is 6.42. The molecule has 0 bridgehead atoms. The van der Waals surface area contributed by atoms with Crippen LogP contribution in [0.1, 0.15) is 18.4 Å². The van der Waals surface area contributed by atoms with Gasteiger partial charge in [-0.1, -0.05) is 23.7 Å². The molecule has 1 heterocycles. The maximum atomic E-state index is 12.5. The van der Waals surface area contributed by atoms with E-state index in [2.05, 4.69) is 0 Å². The van der Waals surface area contributed by atoms with E-state index in [0.29, 0.717) is 44.1 Å². The third-order valence-electron chi connectivity index (χ3n) is 4.14. The maximum absolute atomic E-state index is 12.5. The molecule has 1 aliphatic heterocycles. The van der Waals surface area contributed by atoms with Crippen LogP contribution in [0.4, 0.5) is 0 Å². The number of halogens is 1. The zero-order valence-electron chi connectivity index (χ0n) is 13.6. The lowest BCUT2D eigenvalue weighted by molar-refractivity contribution is -0.143. The van der Waals surface area contributed by atoms with Crippen molar-refractivity contribution in [2.45, 2.75) is 19.4 Å². The monoisotopic (exact) mass is 338 g/mol. The topological polar surface area (TPSA) is 49.9 Å². The maximum Gasteiger partial charge on any atom is 0.227 e. The average Bonchev–Trinajstić information content (AvgIpc) is 2.56. The van der Waals surface area contributed by atoms with Gasteiger partial charge in [0.15, 0.2) is 0 Å². The highest BCUT2D eigenvalue weighted by Gasteiger charge is 2.31. The summed E-state index contributed by atoms with van der Waals surface area (Å²) in [5.74, 6) is 0.0426. The third kappa shape index (κ3) is 4.94. The van der Waals surface area contributed by atoms with Crippen molar-refractivity contribution in [3.05, 3.63) is 34.9 Å². The summed E-state index contributed by atoms with van der Waals surface area (Å²) >= 11 is 5.88. The number of piperidine rings is 1. The first-order chi connectivity index (χ1) is 11.0. The zero-order valence-corrected chi connectivity index (χ0v) is 14.4. The number of ether oxygens (including phenoxy) is 1. The zero-order chi connectivity index (χ0) is 16.8. The van der Waals surface area contributed by atoms with Crippen LogP contribution < -0.4 is 0 Å². The van der Waals surface area contributed by atoms with Crippen molar-refractivity contribution in [1.29, 1.82) is 0 Å². The molecule has 5 nitrogen and oxygen atoms in total. The van der Waals surface area contributed by atoms with E-state index in [0.717, 1.165) is 5.56 Å². The number of nitrogens with zero attached hydrogens (tertiary/aromatic N) is 2. The molecule has 126 valence electrons. The summed E-state index contributed by atoms with van der Waals surface area (Å²) in [6, 6.07) is 7.44. The van der Waals surface area contributed by atoms with Crippen LogP contribution in [0.2, 0.25) is 5.02 Å². The number of amides is 2. The quantitative estimate of drug-likeness (QED) is 0.799. The summed E-state index contributed by atoms with van der Waals surface area (Å²) in [6.07, 6.45) is 1.04. The molecule has 0 spiro atoms. The Bertz CT molecular complexity index is 547. The Balaban J connectivity index is 1.96. The van der Waals surface area contributed by atoms with Crippen LogP contribution in [0.3, 0.4) is 0 Å². The van der Waals surface area contributed by atoms with Crippen molar-refractivity contribution < 1.29 is 14.3 Å². The van der Waals surface area contributed by atoms with E-state index < -0.39 is 0 Å². The number of rotatable bonds is 6. The average molecular weight is 339 g/mol. The van der Waals surface area contributed by atoms with Crippen LogP contribution in [0.25, 0.3) is 0 Å². The molecule has 0 radical (unpaired) electrons. The van der Waals surface area contributed by atoms with E-state index >= 15 is 0 Å². The van der Waals surface area contributed by atoms with Gasteiger partial charge in [-0.3, -0.25) is 9.59 Å². The fraction of sp³-hybridized carbons (Fsp3) is 0.529. The summed E-state index contributed by atoms with van der Waals surface area (Å²) in [6.45, 7) is 2.07. The van der Waals surface area contributed by atoms with Crippen molar-refractivity contribution in [1.82, 2.24) is 9.80 Å². The molecular weight excluding hydrogens is 316 g/mol. The Morgan fingerprint density at radius 2 is 2.09 bits per heavy atom. The molecule has 1 saturated heterocycles. The second-order valence-corrected chi connectivity index (χ2v) is 6.33. The Morgan fingerprint density at radius 3 is 2.74 bits per heavy atom. The smallest absolute Gasteiger partial charge is 0.227 e. The summed E-state index contributed by atoms with van der Waals surface area (Å²) in [5, 5.41) is 0.673. The number of hydrogen-bond donors (Lipinski definition) is 0. The van der Waals surface area contributed by atoms with Crippen molar-refractivity contribution in [3.63, 3.8) is 0 Å². The van der Waals surface area contributed by atoms with E-state index in [1.807, 2.05) is 24.3 Å². The van der Waals surface area contributed by atoms with E-state index in [-0.39, 0.29) is 17.7 Å². The lowest BCUT2D eigenvalue weighted by Gasteiger charge is -2.34. The Labute approximate surface area is 142 Å². The Morgan fingerprint density at radius 1 is 1.39 bits per heavy atom. The van der Waals surface area contributed by atoms with Crippen LogP contribution in [-0.4, -0.2) is 55.5 Å². The second-order valence-electron chi connectivity index (χ2n) is 5.89. The standard InChI is InChI=1S/C17H23ClN2O3/c1-19(9-10-23-2)17(22)14-5-8-16(21)20(12-14)11-13-3-6-15(18)7-4-13/h3-4,6-7,14H,5,8-12H2,1-2H3. The van der Waals surface area contributed by atoms with Gasteiger partial charge in [0.25, 0.3) is 0 Å². The first-order valence-electron chi connectivity index (χ1n) is 7.77. The fourth-order valence-electron chi connectivity index (χ4n) is 2.73. The number of methoxy groups -OCH3 is 1. The van der Waals surface area contributed by atoms with Gasteiger partial charge in [-0.05, 0) is 24.1 Å². The molecule has 0 N–H and O–H groups in total. The van der Waals surface area contributed by atoms with Gasteiger partial charge in [0, 0.05) is 45.2 Å². The summed E-state index contributed by atoms with van der Waals surface area (Å²) in [5.41, 5.74) is 1.02. The summed E-state index contributed by atoms with van der Waals surface area (Å²) in [4.78, 5) is 28.0. The van der Waals surface area contributed by atoms with Crippen molar-refractivity contribution in [3.8, 4) is 0 Å². The molecule has 1 unspecified atom stereocenters. The third-order valence-corrected chi connectivity index (χ3v) is 4.40. The van der Waals surface area contributed by atoms with E-state index in [4.69, 9.17) is 16.3 Å². The first kappa shape index (κ1) is 17.8. The highest BCUT2D eigenvalue weighted by molar-refractivity contribution is 6.30. The molecule has 6 heteroatoms. The number of hydrogen-bond acceptors (Lipinski definition) is 3. The summed E-state index contributed by atoms with van der Waals surface area (Å²) < 4.78 is 5.01. The fourth-order valence-corrected chi connectivity index (χ4v) is 2.86. The van der Waals surface area contributed by atoms with Gasteiger partial charge < -0.3 is 14.5 Å². The van der Waals surface area contributed by atoms with Gasteiger partial charge >= 0.3 is 0 Å². The molecular formula is C17H23ClN2O3. The molecule has 0 aromatic heterocycles. The highest BCUT2D eigenvalue weighted by atomic mass is 35.5. The molecule has 1 aliphatic rings. The van der Waals surface area contributed by atoms with Gasteiger partial charge in [-0.2, -0.15) is 0 Å². The predicted octanol–water partition coefficient (Wildman–Crippen LogP) is 2.18.